The fraction of sp³-hybridized carbons (Fsp3) is 0.391. The van der Waals surface area contributed by atoms with Gasteiger partial charge in [0.2, 0.25) is 11.8 Å². The van der Waals surface area contributed by atoms with Crippen molar-refractivity contribution in [3.05, 3.63) is 186 Å². The third-order valence-corrected chi connectivity index (χ3v) is 22.0. The Balaban J connectivity index is 0.000000139. The van der Waals surface area contributed by atoms with E-state index in [9.17, 15) is 41.9 Å². The number of carbonyl (C=O) groups excluding carboxylic acids is 5. The normalized spacial score (nSPS) is 20.3. The lowest BCUT2D eigenvalue weighted by Gasteiger charge is -2.43. The molecule has 3 atom stereocenters. The molecule has 9 aliphatic heterocycles. The first-order chi connectivity index (χ1) is 49.8. The number of nitrogens with one attached hydrogen (secondary N) is 1. The average Bonchev–Trinajstić information content (AvgIpc) is 1.50. The summed E-state index contributed by atoms with van der Waals surface area (Å²) in [6, 6.07) is 10.9. The number of hydrogen-bond acceptors (Lipinski definition) is 25. The molecular formula is C69H68Br3F3N12O13S3. The fourth-order valence-electron chi connectivity index (χ4n) is 12.4. The van der Waals surface area contributed by atoms with Gasteiger partial charge in [0.15, 0.2) is 32.5 Å². The lowest BCUT2D eigenvalue weighted by molar-refractivity contribution is -0.156. The number of piperazine rings is 3. The molecule has 6 fully saturated rings. The van der Waals surface area contributed by atoms with Crippen molar-refractivity contribution in [3.8, 4) is 0 Å². The van der Waals surface area contributed by atoms with Gasteiger partial charge in [-0.2, -0.15) is 0 Å². The fourth-order valence-corrected chi connectivity index (χ4v) is 16.0. The summed E-state index contributed by atoms with van der Waals surface area (Å²) in [4.78, 5) is 113. The Bertz CT molecular complexity index is 4200. The van der Waals surface area contributed by atoms with Gasteiger partial charge in [-0.3, -0.25) is 29.4 Å². The van der Waals surface area contributed by atoms with Crippen molar-refractivity contribution in [2.45, 2.75) is 38.9 Å². The molecular weight excluding hydrogens is 1600 g/mol. The van der Waals surface area contributed by atoms with Crippen LogP contribution in [0.5, 0.6) is 0 Å². The van der Waals surface area contributed by atoms with Gasteiger partial charge in [-0.15, -0.1) is 34.0 Å². The first kappa shape index (κ1) is 74.8. The van der Waals surface area contributed by atoms with E-state index in [1.165, 1.54) is 70.4 Å². The summed E-state index contributed by atoms with van der Waals surface area (Å²) < 4.78 is 74.2. The van der Waals surface area contributed by atoms with Gasteiger partial charge in [-0.25, -0.2) is 42.5 Å². The van der Waals surface area contributed by atoms with Gasteiger partial charge in [0.1, 0.15) is 41.5 Å². The molecule has 0 bridgehead atoms. The van der Waals surface area contributed by atoms with Crippen LogP contribution in [-0.2, 0) is 57.2 Å². The van der Waals surface area contributed by atoms with E-state index < -0.39 is 53.6 Å². The van der Waals surface area contributed by atoms with Gasteiger partial charge in [-0.05, 0) is 73.9 Å². The van der Waals surface area contributed by atoms with Crippen LogP contribution in [0.3, 0.4) is 0 Å². The number of nitrogens with zero attached hydrogens (tertiary/aromatic N) is 11. The third-order valence-electron chi connectivity index (χ3n) is 17.6. The molecule has 542 valence electrons. The van der Waals surface area contributed by atoms with Gasteiger partial charge in [-0.1, -0.05) is 66.0 Å². The number of ether oxygens (including phenoxy) is 6. The van der Waals surface area contributed by atoms with E-state index in [-0.39, 0.29) is 68.3 Å². The molecule has 3 aromatic heterocycles. The Kier molecular flexibility index (Phi) is 24.6. The molecule has 0 aliphatic carbocycles. The minimum absolute atomic E-state index is 0.0134. The summed E-state index contributed by atoms with van der Waals surface area (Å²) in [7, 11) is 0. The van der Waals surface area contributed by atoms with E-state index in [4.69, 9.17) is 43.8 Å². The lowest BCUT2D eigenvalue weighted by Crippen LogP contribution is -2.55. The molecule has 15 rings (SSSR count). The molecule has 34 heteroatoms. The zero-order chi connectivity index (χ0) is 72.6. The van der Waals surface area contributed by atoms with Crippen LogP contribution < -0.4 is 5.32 Å². The Hall–Kier alpha value is -7.93. The summed E-state index contributed by atoms with van der Waals surface area (Å²) in [6.07, 6.45) is 5.13. The van der Waals surface area contributed by atoms with Crippen LogP contribution in [0.15, 0.2) is 152 Å². The number of benzene rings is 3. The highest BCUT2D eigenvalue weighted by atomic mass is 79.9. The maximum absolute atomic E-state index is 13.9. The maximum Gasteiger partial charge on any atom is 0.338 e. The molecule has 2 N–H and O–H groups in total. The summed E-state index contributed by atoms with van der Waals surface area (Å²) in [6.45, 7) is 12.7. The third kappa shape index (κ3) is 16.5. The van der Waals surface area contributed by atoms with Crippen LogP contribution >= 0.6 is 81.8 Å². The first-order valence-electron chi connectivity index (χ1n) is 32.9. The highest BCUT2D eigenvalue weighted by Crippen LogP contribution is 2.44. The Morgan fingerprint density at radius 1 is 0.505 bits per heavy atom. The van der Waals surface area contributed by atoms with E-state index >= 15 is 0 Å². The van der Waals surface area contributed by atoms with Gasteiger partial charge in [0.25, 0.3) is 0 Å². The number of carbonyl (C=O) groups is 6. The van der Waals surface area contributed by atoms with E-state index in [1.807, 2.05) is 30.8 Å². The highest BCUT2D eigenvalue weighted by Gasteiger charge is 2.46. The van der Waals surface area contributed by atoms with Gasteiger partial charge in [0.05, 0.1) is 113 Å². The number of thiazole rings is 3. The van der Waals surface area contributed by atoms with Crippen molar-refractivity contribution < 1.29 is 75.5 Å². The van der Waals surface area contributed by atoms with Crippen molar-refractivity contribution in [2.24, 2.45) is 32.7 Å². The predicted octanol–water partition coefficient (Wildman–Crippen LogP) is 9.29. The van der Waals surface area contributed by atoms with Crippen LogP contribution in [0.1, 0.15) is 70.6 Å². The SMILES string of the molecule is CCOC(=O)C1=C2CN(C(=O)C3COC3)CCN2C(c2nccs2)=N[C@H]1c1ccc(F)cc1Br.CCOC(=O)C1=C2CN(C(=O)C3COC3)CCN2C(c2nccs2)=N[C@H]1c1ccc(F)cc1Br.CCOC(=O)C1=C2CNCCN2C(c2nccs2)=NC1c1ccc(F)cc1Br.O=C(O)C1COC1. The van der Waals surface area contributed by atoms with Gasteiger partial charge < -0.3 is 63.3 Å². The van der Waals surface area contributed by atoms with Crippen molar-refractivity contribution in [2.75, 3.05) is 118 Å². The number of rotatable bonds is 15. The molecule has 2 amide bonds. The van der Waals surface area contributed by atoms with Crippen molar-refractivity contribution in [1.29, 1.82) is 0 Å². The maximum atomic E-state index is 13.9. The number of fused-ring (bicyclic) bond motifs is 3. The Morgan fingerprint density at radius 2 is 0.845 bits per heavy atom. The summed E-state index contributed by atoms with van der Waals surface area (Å²) in [5, 5.41) is 19.3. The van der Waals surface area contributed by atoms with Gasteiger partial charge in [0, 0.05) is 99.7 Å². The number of halogens is 6. The molecule has 3 aromatic carbocycles. The molecule has 6 saturated heterocycles. The molecule has 9 aliphatic rings. The molecule has 0 spiro atoms. The van der Waals surface area contributed by atoms with Crippen LogP contribution in [0, 0.1) is 35.2 Å². The molecule has 0 saturated carbocycles. The standard InChI is InChI=1S/2C23H22BrFN4O4S.C19H18BrFN4O2S.C4H6O3/c2*1-2-33-23(31)18-17-10-28(22(30)13-11-32-12-13)6-7-29(17)20(21-26-5-8-34-21)27-19(18)15-4-3-14(25)9-16(15)24;1-2-27-19(26)15-14-10-22-5-7-25(14)17(18-23-6-8-28-18)24-16(15)12-4-3-11(21)9-13(12)20;5-4(6)3-1-7-2-3/h2*3-5,8-9,13,19H,2,6-7,10-12H2,1H3;3-4,6,8-9,16,22H,2,5,7,10H2,1H3;3H,1-2H2,(H,5,6)/t2*19-;;/m00../s1. The van der Waals surface area contributed by atoms with Crippen molar-refractivity contribution >= 4 is 135 Å². The number of carboxylic acid groups (broad SMARTS) is 1. The molecule has 25 nitrogen and oxygen atoms in total. The van der Waals surface area contributed by atoms with E-state index in [1.54, 1.807) is 67.4 Å². The highest BCUT2D eigenvalue weighted by molar-refractivity contribution is 9.11. The number of aromatic nitrogens is 3. The topological polar surface area (TPSA) is 282 Å². The zero-order valence-corrected chi connectivity index (χ0v) is 62.8. The molecule has 103 heavy (non-hydrogen) atoms. The number of aliphatic imine (C=N–C) groups is 3. The first-order valence-corrected chi connectivity index (χ1v) is 37.9. The average molecular weight is 1670 g/mol. The van der Waals surface area contributed by atoms with Crippen LogP contribution in [0.2, 0.25) is 0 Å². The van der Waals surface area contributed by atoms with Crippen LogP contribution in [0.25, 0.3) is 0 Å². The van der Waals surface area contributed by atoms with E-state index in [0.29, 0.717) is 159 Å². The summed E-state index contributed by atoms with van der Waals surface area (Å²) in [5.41, 5.74) is 5.25. The Labute approximate surface area is 626 Å². The minimum Gasteiger partial charge on any atom is -0.481 e. The monoisotopic (exact) mass is 1660 g/mol. The van der Waals surface area contributed by atoms with E-state index in [2.05, 4.69) is 72.8 Å². The Morgan fingerprint density at radius 3 is 1.13 bits per heavy atom. The van der Waals surface area contributed by atoms with E-state index in [0.717, 1.165) is 23.1 Å². The second kappa shape index (κ2) is 33.9. The summed E-state index contributed by atoms with van der Waals surface area (Å²) in [5.74, 6) is -1.87. The number of hydrogen-bond donors (Lipinski definition) is 2. The van der Waals surface area contributed by atoms with Crippen LogP contribution in [0.4, 0.5) is 13.2 Å². The lowest BCUT2D eigenvalue weighted by atomic mass is 9.93. The number of carboxylic acids is 1. The molecule has 0 radical (unpaired) electrons. The van der Waals surface area contributed by atoms with Crippen molar-refractivity contribution in [1.82, 2.24) is 44.8 Å². The molecule has 6 aromatic rings. The van der Waals surface area contributed by atoms with Crippen molar-refractivity contribution in [3.63, 3.8) is 0 Å². The summed E-state index contributed by atoms with van der Waals surface area (Å²) >= 11 is 14.7. The number of aliphatic carboxylic acids is 1. The smallest absolute Gasteiger partial charge is 0.338 e. The molecule has 12 heterocycles. The minimum atomic E-state index is -0.749. The second-order valence-corrected chi connectivity index (χ2v) is 29.3. The van der Waals surface area contributed by atoms with Crippen LogP contribution in [-0.4, -0.2) is 216 Å². The number of esters is 3. The van der Waals surface area contributed by atoms with Gasteiger partial charge >= 0.3 is 23.9 Å². The number of amides is 2. The predicted molar refractivity (Wildman–Crippen MR) is 384 cm³/mol. The quantitative estimate of drug-likeness (QED) is 0.0715. The largest absolute Gasteiger partial charge is 0.481 e. The second-order valence-electron chi connectivity index (χ2n) is 24.0. The number of amidine groups is 3. The molecule has 1 unspecified atom stereocenters. The zero-order valence-electron chi connectivity index (χ0n) is 55.6.